The lowest BCUT2D eigenvalue weighted by Gasteiger charge is -2.22. The summed E-state index contributed by atoms with van der Waals surface area (Å²) in [4.78, 5) is 0. The molecule has 17 heavy (non-hydrogen) atoms. The van der Waals surface area contributed by atoms with Crippen LogP contribution in [0.15, 0.2) is 0 Å². The number of hydrogen-bond acceptors (Lipinski definition) is 0. The molecule has 0 aromatic heterocycles. The summed E-state index contributed by atoms with van der Waals surface area (Å²) < 4.78 is 0. The van der Waals surface area contributed by atoms with Crippen molar-refractivity contribution in [3.63, 3.8) is 0 Å². The second-order valence-corrected chi connectivity index (χ2v) is 6.26. The normalized spacial score (nSPS) is 16.8. The number of rotatable bonds is 11. The molecule has 0 aromatic rings. The summed E-state index contributed by atoms with van der Waals surface area (Å²) in [6.07, 6.45) is 12.8. The van der Waals surface area contributed by atoms with Crippen LogP contribution in [0.3, 0.4) is 0 Å². The van der Waals surface area contributed by atoms with Crippen molar-refractivity contribution in [2.24, 2.45) is 17.8 Å². The molecule has 104 valence electrons. The van der Waals surface area contributed by atoms with Crippen molar-refractivity contribution in [3.8, 4) is 0 Å². The molecule has 0 fully saturated rings. The van der Waals surface area contributed by atoms with Crippen LogP contribution < -0.4 is 0 Å². The van der Waals surface area contributed by atoms with Crippen molar-refractivity contribution in [2.75, 3.05) is 0 Å². The van der Waals surface area contributed by atoms with Crippen molar-refractivity contribution in [2.45, 2.75) is 92.4 Å². The van der Waals surface area contributed by atoms with Crippen molar-refractivity contribution in [1.29, 1.82) is 0 Å². The predicted molar refractivity (Wildman–Crippen MR) is 80.4 cm³/mol. The van der Waals surface area contributed by atoms with Crippen LogP contribution >= 0.6 is 0 Å². The Morgan fingerprint density at radius 3 is 1.88 bits per heavy atom. The Hall–Kier alpha value is 0. The topological polar surface area (TPSA) is 0 Å². The van der Waals surface area contributed by atoms with Gasteiger partial charge in [0.2, 0.25) is 0 Å². The Morgan fingerprint density at radius 1 is 0.706 bits per heavy atom. The second kappa shape index (κ2) is 11.1. The van der Waals surface area contributed by atoms with Crippen molar-refractivity contribution in [1.82, 2.24) is 0 Å². The molecule has 0 aliphatic rings. The zero-order chi connectivity index (χ0) is 13.1. The second-order valence-electron chi connectivity index (χ2n) is 6.26. The van der Waals surface area contributed by atoms with E-state index in [1.807, 2.05) is 0 Å². The predicted octanol–water partition coefficient (Wildman–Crippen LogP) is 6.45. The quantitative estimate of drug-likeness (QED) is 0.364. The van der Waals surface area contributed by atoms with Crippen LogP contribution in [0.1, 0.15) is 92.4 Å². The maximum atomic E-state index is 2.45. The lowest BCUT2D eigenvalue weighted by atomic mass is 9.84. The van der Waals surface area contributed by atoms with Crippen LogP contribution in [0.5, 0.6) is 0 Å². The van der Waals surface area contributed by atoms with Crippen molar-refractivity contribution >= 4 is 0 Å². The van der Waals surface area contributed by atoms with Crippen LogP contribution in [0.2, 0.25) is 0 Å². The van der Waals surface area contributed by atoms with E-state index in [-0.39, 0.29) is 0 Å². The first-order valence-electron chi connectivity index (χ1n) is 8.11. The molecule has 0 rings (SSSR count). The Morgan fingerprint density at radius 2 is 1.29 bits per heavy atom. The largest absolute Gasteiger partial charge is 0.0654 e. The summed E-state index contributed by atoms with van der Waals surface area (Å²) in [5, 5.41) is 0. The SMILES string of the molecule is CCCCCCCCC(C)CC(C)C(C)CC. The van der Waals surface area contributed by atoms with Crippen LogP contribution in [-0.2, 0) is 0 Å². The van der Waals surface area contributed by atoms with Gasteiger partial charge in [0, 0.05) is 0 Å². The van der Waals surface area contributed by atoms with Gasteiger partial charge in [0.05, 0.1) is 0 Å². The van der Waals surface area contributed by atoms with Crippen LogP contribution in [0.25, 0.3) is 0 Å². The Kier molecular flexibility index (Phi) is 11.1. The van der Waals surface area contributed by atoms with E-state index in [2.05, 4.69) is 34.6 Å². The van der Waals surface area contributed by atoms with Gasteiger partial charge in [-0.15, -0.1) is 0 Å². The molecule has 0 saturated carbocycles. The summed E-state index contributed by atoms with van der Waals surface area (Å²) in [5.74, 6) is 2.75. The standard InChI is InChI=1S/C17H36/c1-6-8-9-10-11-12-13-15(3)14-17(5)16(4)7-2/h15-17H,6-14H2,1-5H3. The van der Waals surface area contributed by atoms with Gasteiger partial charge in [-0.2, -0.15) is 0 Å². The smallest absolute Gasteiger partial charge is 0.0415 e. The molecule has 0 heterocycles. The van der Waals surface area contributed by atoms with E-state index < -0.39 is 0 Å². The third-order valence-corrected chi connectivity index (χ3v) is 4.44. The zero-order valence-corrected chi connectivity index (χ0v) is 13.1. The van der Waals surface area contributed by atoms with E-state index in [1.54, 1.807) is 0 Å². The fraction of sp³-hybridized carbons (Fsp3) is 1.00. The summed E-state index contributed by atoms with van der Waals surface area (Å²) in [5.41, 5.74) is 0. The minimum absolute atomic E-state index is 0.905. The maximum absolute atomic E-state index is 2.45. The summed E-state index contributed by atoms with van der Waals surface area (Å²) in [6, 6.07) is 0. The van der Waals surface area contributed by atoms with E-state index in [1.165, 1.54) is 57.8 Å². The van der Waals surface area contributed by atoms with Gasteiger partial charge in [-0.05, 0) is 24.2 Å². The zero-order valence-electron chi connectivity index (χ0n) is 13.1. The van der Waals surface area contributed by atoms with Gasteiger partial charge in [-0.25, -0.2) is 0 Å². The highest BCUT2D eigenvalue weighted by molar-refractivity contribution is 4.64. The molecule has 0 aliphatic heterocycles. The average molecular weight is 240 g/mol. The molecule has 0 nitrogen and oxygen atoms in total. The van der Waals surface area contributed by atoms with Gasteiger partial charge in [0.15, 0.2) is 0 Å². The lowest BCUT2D eigenvalue weighted by Crippen LogP contribution is -2.11. The highest BCUT2D eigenvalue weighted by atomic mass is 14.2. The van der Waals surface area contributed by atoms with Crippen LogP contribution in [-0.4, -0.2) is 0 Å². The lowest BCUT2D eigenvalue weighted by molar-refractivity contribution is 0.294. The van der Waals surface area contributed by atoms with Gasteiger partial charge in [-0.1, -0.05) is 86.0 Å². The third kappa shape index (κ3) is 9.68. The molecule has 0 N–H and O–H groups in total. The van der Waals surface area contributed by atoms with Gasteiger partial charge < -0.3 is 0 Å². The molecule has 0 heteroatoms. The number of unbranched alkanes of at least 4 members (excludes halogenated alkanes) is 5. The van der Waals surface area contributed by atoms with Gasteiger partial charge >= 0.3 is 0 Å². The fourth-order valence-electron chi connectivity index (χ4n) is 2.66. The summed E-state index contributed by atoms with van der Waals surface area (Å²) in [7, 11) is 0. The molecule has 3 unspecified atom stereocenters. The first kappa shape index (κ1) is 17.0. The minimum atomic E-state index is 0.905. The van der Waals surface area contributed by atoms with E-state index in [0.29, 0.717) is 0 Å². The third-order valence-electron chi connectivity index (χ3n) is 4.44. The minimum Gasteiger partial charge on any atom is -0.0654 e. The van der Waals surface area contributed by atoms with Gasteiger partial charge in [0.25, 0.3) is 0 Å². The first-order chi connectivity index (χ1) is 8.11. The molecule has 3 atom stereocenters. The van der Waals surface area contributed by atoms with E-state index >= 15 is 0 Å². The molecule has 0 radical (unpaired) electrons. The Balaban J connectivity index is 3.42. The van der Waals surface area contributed by atoms with E-state index in [4.69, 9.17) is 0 Å². The van der Waals surface area contributed by atoms with E-state index in [9.17, 15) is 0 Å². The molecular weight excluding hydrogens is 204 g/mol. The van der Waals surface area contributed by atoms with Gasteiger partial charge in [0.1, 0.15) is 0 Å². The molecule has 0 aromatic carbocycles. The molecule has 0 bridgehead atoms. The first-order valence-corrected chi connectivity index (χ1v) is 8.11. The monoisotopic (exact) mass is 240 g/mol. The number of hydrogen-bond donors (Lipinski definition) is 0. The highest BCUT2D eigenvalue weighted by Gasteiger charge is 2.13. The molecule has 0 aliphatic carbocycles. The fourth-order valence-corrected chi connectivity index (χ4v) is 2.66. The van der Waals surface area contributed by atoms with Crippen molar-refractivity contribution < 1.29 is 0 Å². The maximum Gasteiger partial charge on any atom is -0.0415 e. The molecular formula is C17H36. The summed E-state index contributed by atoms with van der Waals surface area (Å²) >= 11 is 0. The molecule has 0 saturated heterocycles. The van der Waals surface area contributed by atoms with Crippen LogP contribution in [0, 0.1) is 17.8 Å². The summed E-state index contributed by atoms with van der Waals surface area (Å²) in [6.45, 7) is 11.9. The Labute approximate surface area is 111 Å². The highest BCUT2D eigenvalue weighted by Crippen LogP contribution is 2.25. The molecule has 0 amide bonds. The Bertz CT molecular complexity index is 150. The van der Waals surface area contributed by atoms with Crippen molar-refractivity contribution in [3.05, 3.63) is 0 Å². The van der Waals surface area contributed by atoms with Crippen LogP contribution in [0.4, 0.5) is 0 Å². The van der Waals surface area contributed by atoms with Gasteiger partial charge in [-0.3, -0.25) is 0 Å². The average Bonchev–Trinajstić information content (AvgIpc) is 2.32. The van der Waals surface area contributed by atoms with E-state index in [0.717, 1.165) is 17.8 Å². The molecule has 0 spiro atoms.